The fourth-order valence-electron chi connectivity index (χ4n) is 2.64. The zero-order valence-electron chi connectivity index (χ0n) is 8.69. The van der Waals surface area contributed by atoms with E-state index in [2.05, 4.69) is 10.2 Å². The van der Waals surface area contributed by atoms with Crippen molar-refractivity contribution in [2.75, 3.05) is 32.7 Å². The molecule has 88 valence electrons. The maximum absolute atomic E-state index is 11.9. The number of rotatable bonds is 3. The van der Waals surface area contributed by atoms with Gasteiger partial charge in [-0.3, -0.25) is 0 Å². The van der Waals surface area contributed by atoms with Crippen LogP contribution in [0.2, 0.25) is 0 Å². The third-order valence-corrected chi connectivity index (χ3v) is 3.40. The van der Waals surface area contributed by atoms with Crippen molar-refractivity contribution in [1.29, 1.82) is 0 Å². The molecule has 0 aromatic heterocycles. The number of hydrogen-bond donors (Lipinski definition) is 1. The second-order valence-corrected chi connectivity index (χ2v) is 4.66. The van der Waals surface area contributed by atoms with Crippen LogP contribution < -0.4 is 5.32 Å². The molecular weight excluding hydrogens is 205 g/mol. The normalized spacial score (nSPS) is 32.2. The Hall–Kier alpha value is -0.290. The molecule has 2 heterocycles. The number of fused-ring (bicyclic) bond motifs is 1. The predicted molar refractivity (Wildman–Crippen MR) is 51.6 cm³/mol. The minimum absolute atomic E-state index is 0.246. The highest BCUT2D eigenvalue weighted by Crippen LogP contribution is 2.27. The smallest absolute Gasteiger partial charge is 0.316 e. The summed E-state index contributed by atoms with van der Waals surface area (Å²) in [4.78, 5) is 2.18. The Morgan fingerprint density at radius 3 is 2.27 bits per heavy atom. The van der Waals surface area contributed by atoms with E-state index in [4.69, 9.17) is 0 Å². The van der Waals surface area contributed by atoms with Gasteiger partial charge in [-0.1, -0.05) is 0 Å². The predicted octanol–water partition coefficient (Wildman–Crippen LogP) is 1.48. The van der Waals surface area contributed by atoms with Crippen LogP contribution in [0.15, 0.2) is 0 Å². The Balaban J connectivity index is 1.65. The van der Waals surface area contributed by atoms with Gasteiger partial charge in [-0.15, -0.1) is 0 Å². The van der Waals surface area contributed by atoms with Crippen molar-refractivity contribution in [3.8, 4) is 0 Å². The molecule has 0 radical (unpaired) electrons. The molecule has 2 aliphatic rings. The molecule has 15 heavy (non-hydrogen) atoms. The largest absolute Gasteiger partial charge is 0.389 e. The number of halogens is 3. The maximum Gasteiger partial charge on any atom is 0.389 e. The summed E-state index contributed by atoms with van der Waals surface area (Å²) in [5.74, 6) is 1.35. The number of alkyl halides is 3. The van der Waals surface area contributed by atoms with Crippen molar-refractivity contribution in [2.24, 2.45) is 11.8 Å². The van der Waals surface area contributed by atoms with Crippen LogP contribution in [0, 0.1) is 11.8 Å². The van der Waals surface area contributed by atoms with E-state index < -0.39 is 12.6 Å². The van der Waals surface area contributed by atoms with Crippen molar-refractivity contribution in [2.45, 2.75) is 19.0 Å². The molecule has 2 rings (SSSR count). The first kappa shape index (κ1) is 11.2. The molecule has 2 nitrogen and oxygen atoms in total. The Kier molecular flexibility index (Phi) is 3.21. The summed E-state index contributed by atoms with van der Waals surface area (Å²) in [7, 11) is 0. The van der Waals surface area contributed by atoms with Crippen LogP contribution in [0.5, 0.6) is 0 Å². The van der Waals surface area contributed by atoms with Crippen LogP contribution in [-0.4, -0.2) is 43.8 Å². The molecule has 0 unspecified atom stereocenters. The van der Waals surface area contributed by atoms with Crippen LogP contribution in [0.25, 0.3) is 0 Å². The standard InChI is InChI=1S/C10H17F3N2/c11-10(12,13)2-1-3-15-6-8-4-14-5-9(8)7-15/h8-9,14H,1-7H2/t8-,9+. The molecule has 5 heteroatoms. The van der Waals surface area contributed by atoms with Crippen LogP contribution in [0.1, 0.15) is 12.8 Å². The summed E-state index contributed by atoms with van der Waals surface area (Å²) in [6, 6.07) is 0. The van der Waals surface area contributed by atoms with E-state index in [0.717, 1.165) is 26.2 Å². The van der Waals surface area contributed by atoms with Gasteiger partial charge >= 0.3 is 6.18 Å². The average molecular weight is 222 g/mol. The van der Waals surface area contributed by atoms with E-state index in [1.807, 2.05) is 0 Å². The number of nitrogens with one attached hydrogen (secondary N) is 1. The molecule has 0 aliphatic carbocycles. The van der Waals surface area contributed by atoms with Crippen molar-refractivity contribution >= 4 is 0 Å². The quantitative estimate of drug-likeness (QED) is 0.778. The first-order valence-corrected chi connectivity index (χ1v) is 5.54. The van der Waals surface area contributed by atoms with E-state index in [1.165, 1.54) is 0 Å². The molecular formula is C10H17F3N2. The molecule has 2 atom stereocenters. The Labute approximate surface area is 87.8 Å². The minimum atomic E-state index is -3.99. The van der Waals surface area contributed by atoms with Crippen LogP contribution in [0.3, 0.4) is 0 Å². The molecule has 0 aromatic rings. The summed E-state index contributed by atoms with van der Waals surface area (Å²) in [5, 5.41) is 3.32. The number of hydrogen-bond acceptors (Lipinski definition) is 2. The summed E-state index contributed by atoms with van der Waals surface area (Å²) in [6.07, 6.45) is -4.38. The average Bonchev–Trinajstić information content (AvgIpc) is 2.60. The molecule has 0 aromatic carbocycles. The van der Waals surface area contributed by atoms with Gasteiger partial charge in [-0.2, -0.15) is 13.2 Å². The van der Waals surface area contributed by atoms with Crippen LogP contribution in [0.4, 0.5) is 13.2 Å². The topological polar surface area (TPSA) is 15.3 Å². The van der Waals surface area contributed by atoms with E-state index in [-0.39, 0.29) is 6.42 Å². The van der Waals surface area contributed by atoms with Gasteiger partial charge in [-0.25, -0.2) is 0 Å². The number of likely N-dealkylation sites (tertiary alicyclic amines) is 1. The van der Waals surface area contributed by atoms with Gasteiger partial charge in [-0.05, 0) is 37.9 Å². The summed E-state index contributed by atoms with van der Waals surface area (Å²) in [6.45, 7) is 4.65. The fraction of sp³-hybridized carbons (Fsp3) is 1.00. The van der Waals surface area contributed by atoms with Crippen LogP contribution >= 0.6 is 0 Å². The molecule has 0 bridgehead atoms. The van der Waals surface area contributed by atoms with Gasteiger partial charge in [0, 0.05) is 19.5 Å². The van der Waals surface area contributed by atoms with Gasteiger partial charge in [0.15, 0.2) is 0 Å². The lowest BCUT2D eigenvalue weighted by molar-refractivity contribution is -0.136. The van der Waals surface area contributed by atoms with E-state index in [0.29, 0.717) is 18.4 Å². The number of nitrogens with zero attached hydrogens (tertiary/aromatic N) is 1. The van der Waals surface area contributed by atoms with Gasteiger partial charge in [0.05, 0.1) is 0 Å². The maximum atomic E-state index is 11.9. The molecule has 1 N–H and O–H groups in total. The van der Waals surface area contributed by atoms with Crippen molar-refractivity contribution < 1.29 is 13.2 Å². The SMILES string of the molecule is FC(F)(F)CCCN1C[C@H]2CNC[C@H]2C1. The second-order valence-electron chi connectivity index (χ2n) is 4.66. The van der Waals surface area contributed by atoms with Crippen molar-refractivity contribution in [1.82, 2.24) is 10.2 Å². The molecule has 2 aliphatic heterocycles. The first-order valence-electron chi connectivity index (χ1n) is 5.54. The monoisotopic (exact) mass is 222 g/mol. The van der Waals surface area contributed by atoms with Gasteiger partial charge in [0.2, 0.25) is 0 Å². The van der Waals surface area contributed by atoms with Gasteiger partial charge in [0.1, 0.15) is 0 Å². The zero-order chi connectivity index (χ0) is 10.9. The lowest BCUT2D eigenvalue weighted by atomic mass is 10.0. The Bertz CT molecular complexity index is 205. The third-order valence-electron chi connectivity index (χ3n) is 3.40. The van der Waals surface area contributed by atoms with Crippen molar-refractivity contribution in [3.05, 3.63) is 0 Å². The minimum Gasteiger partial charge on any atom is -0.316 e. The molecule has 2 saturated heterocycles. The summed E-state index contributed by atoms with van der Waals surface area (Å²) >= 11 is 0. The van der Waals surface area contributed by atoms with Crippen molar-refractivity contribution in [3.63, 3.8) is 0 Å². The fourth-order valence-corrected chi connectivity index (χ4v) is 2.64. The first-order chi connectivity index (χ1) is 7.04. The van der Waals surface area contributed by atoms with Gasteiger partial charge < -0.3 is 10.2 Å². The highest BCUT2D eigenvalue weighted by molar-refractivity contribution is 4.90. The molecule has 0 spiro atoms. The third kappa shape index (κ3) is 3.08. The molecule has 0 saturated carbocycles. The lowest BCUT2D eigenvalue weighted by Crippen LogP contribution is -2.27. The van der Waals surface area contributed by atoms with E-state index in [1.54, 1.807) is 0 Å². The summed E-state index contributed by atoms with van der Waals surface area (Å²) < 4.78 is 35.8. The van der Waals surface area contributed by atoms with Gasteiger partial charge in [0.25, 0.3) is 0 Å². The highest BCUT2D eigenvalue weighted by Gasteiger charge is 2.36. The second kappa shape index (κ2) is 4.29. The Morgan fingerprint density at radius 1 is 1.13 bits per heavy atom. The summed E-state index contributed by atoms with van der Waals surface area (Å²) in [5.41, 5.74) is 0. The van der Waals surface area contributed by atoms with Crippen LogP contribution in [-0.2, 0) is 0 Å². The molecule has 0 amide bonds. The Morgan fingerprint density at radius 2 is 1.73 bits per heavy atom. The zero-order valence-corrected chi connectivity index (χ0v) is 8.69. The van der Waals surface area contributed by atoms with E-state index >= 15 is 0 Å². The lowest BCUT2D eigenvalue weighted by Gasteiger charge is -2.17. The van der Waals surface area contributed by atoms with E-state index in [9.17, 15) is 13.2 Å². The molecule has 2 fully saturated rings. The highest BCUT2D eigenvalue weighted by atomic mass is 19.4.